The molecule has 1 unspecified atom stereocenters. The molecule has 2 amide bonds. The molecule has 3 N–H and O–H groups in total. The standard InChI is InChI=1S/C11H21N3O3/c1-4-17-8(5-12)6-14-7-9(15)13-10(16)11(14,2)3/h8H,4-7,12H2,1-3H3,(H,13,15,16). The van der Waals surface area contributed by atoms with E-state index in [0.717, 1.165) is 0 Å². The fraction of sp³-hybridized carbons (Fsp3) is 0.818. The van der Waals surface area contributed by atoms with Gasteiger partial charge in [0.15, 0.2) is 0 Å². The Labute approximate surface area is 101 Å². The fourth-order valence-electron chi connectivity index (χ4n) is 1.80. The molecule has 0 saturated carbocycles. The summed E-state index contributed by atoms with van der Waals surface area (Å²) < 4.78 is 5.45. The zero-order valence-corrected chi connectivity index (χ0v) is 10.7. The molecule has 1 fully saturated rings. The maximum Gasteiger partial charge on any atom is 0.246 e. The van der Waals surface area contributed by atoms with E-state index in [1.807, 2.05) is 6.92 Å². The summed E-state index contributed by atoms with van der Waals surface area (Å²) in [5, 5.41) is 2.33. The number of nitrogens with two attached hydrogens (primary N) is 1. The second-order valence-electron chi connectivity index (χ2n) is 4.63. The van der Waals surface area contributed by atoms with Gasteiger partial charge < -0.3 is 10.5 Å². The molecule has 1 saturated heterocycles. The molecule has 17 heavy (non-hydrogen) atoms. The van der Waals surface area contributed by atoms with E-state index in [-0.39, 0.29) is 24.5 Å². The van der Waals surface area contributed by atoms with Crippen LogP contribution in [0.3, 0.4) is 0 Å². The molecule has 0 radical (unpaired) electrons. The van der Waals surface area contributed by atoms with Crippen LogP contribution in [0.2, 0.25) is 0 Å². The summed E-state index contributed by atoms with van der Waals surface area (Å²) in [6.07, 6.45) is -0.155. The maximum atomic E-state index is 11.7. The predicted molar refractivity (Wildman–Crippen MR) is 63.3 cm³/mol. The van der Waals surface area contributed by atoms with Crippen molar-refractivity contribution < 1.29 is 14.3 Å². The molecule has 0 aromatic rings. The number of rotatable bonds is 5. The van der Waals surface area contributed by atoms with Crippen LogP contribution >= 0.6 is 0 Å². The average Bonchev–Trinajstić information content (AvgIpc) is 2.25. The molecule has 0 spiro atoms. The number of imide groups is 1. The molecule has 0 bridgehead atoms. The second-order valence-corrected chi connectivity index (χ2v) is 4.63. The largest absolute Gasteiger partial charge is 0.376 e. The zero-order chi connectivity index (χ0) is 13.1. The highest BCUT2D eigenvalue weighted by Gasteiger charge is 2.41. The van der Waals surface area contributed by atoms with E-state index in [0.29, 0.717) is 19.7 Å². The van der Waals surface area contributed by atoms with Crippen LogP contribution in [-0.4, -0.2) is 54.6 Å². The van der Waals surface area contributed by atoms with Gasteiger partial charge in [0, 0.05) is 19.7 Å². The minimum atomic E-state index is -0.710. The monoisotopic (exact) mass is 243 g/mol. The number of nitrogens with one attached hydrogen (secondary N) is 1. The first-order valence-corrected chi connectivity index (χ1v) is 5.82. The van der Waals surface area contributed by atoms with Gasteiger partial charge >= 0.3 is 0 Å². The smallest absolute Gasteiger partial charge is 0.246 e. The predicted octanol–water partition coefficient (Wildman–Crippen LogP) is -0.913. The van der Waals surface area contributed by atoms with Crippen LogP contribution in [-0.2, 0) is 14.3 Å². The lowest BCUT2D eigenvalue weighted by Gasteiger charge is -2.41. The quantitative estimate of drug-likeness (QED) is 0.610. The van der Waals surface area contributed by atoms with Gasteiger partial charge in [-0.25, -0.2) is 0 Å². The van der Waals surface area contributed by atoms with E-state index in [4.69, 9.17) is 10.5 Å². The van der Waals surface area contributed by atoms with Gasteiger partial charge in [0.1, 0.15) is 0 Å². The minimum absolute atomic E-state index is 0.155. The Hall–Kier alpha value is -0.980. The molecular weight excluding hydrogens is 222 g/mol. The molecule has 1 aliphatic rings. The van der Waals surface area contributed by atoms with Crippen LogP contribution < -0.4 is 11.1 Å². The van der Waals surface area contributed by atoms with Crippen LogP contribution in [0, 0.1) is 0 Å². The van der Waals surface area contributed by atoms with Gasteiger partial charge in [-0.15, -0.1) is 0 Å². The Morgan fingerprint density at radius 2 is 2.18 bits per heavy atom. The molecule has 0 aliphatic carbocycles. The van der Waals surface area contributed by atoms with E-state index < -0.39 is 5.54 Å². The number of piperazine rings is 1. The molecule has 98 valence electrons. The summed E-state index contributed by atoms with van der Waals surface area (Å²) in [6, 6.07) is 0. The van der Waals surface area contributed by atoms with Crippen LogP contribution in [0.15, 0.2) is 0 Å². The Kier molecular flexibility index (Phi) is 4.62. The zero-order valence-electron chi connectivity index (χ0n) is 10.7. The van der Waals surface area contributed by atoms with E-state index in [9.17, 15) is 9.59 Å². The molecule has 1 heterocycles. The fourth-order valence-corrected chi connectivity index (χ4v) is 1.80. The van der Waals surface area contributed by atoms with Crippen molar-refractivity contribution in [1.82, 2.24) is 10.2 Å². The van der Waals surface area contributed by atoms with E-state index in [2.05, 4.69) is 5.32 Å². The van der Waals surface area contributed by atoms with Crippen molar-refractivity contribution in [2.75, 3.05) is 26.2 Å². The molecular formula is C11H21N3O3. The van der Waals surface area contributed by atoms with Gasteiger partial charge in [-0.2, -0.15) is 0 Å². The number of ether oxygens (including phenoxy) is 1. The highest BCUT2D eigenvalue weighted by molar-refractivity contribution is 6.02. The summed E-state index contributed by atoms with van der Waals surface area (Å²) in [6.45, 7) is 7.08. The lowest BCUT2D eigenvalue weighted by molar-refractivity contribution is -0.146. The topological polar surface area (TPSA) is 84.7 Å². The molecule has 1 aliphatic heterocycles. The highest BCUT2D eigenvalue weighted by atomic mass is 16.5. The van der Waals surface area contributed by atoms with Gasteiger partial charge in [0.05, 0.1) is 18.2 Å². The third kappa shape index (κ3) is 3.24. The summed E-state index contributed by atoms with van der Waals surface area (Å²) in [4.78, 5) is 24.9. The molecule has 0 aromatic heterocycles. The van der Waals surface area contributed by atoms with Crippen LogP contribution in [0.5, 0.6) is 0 Å². The average molecular weight is 243 g/mol. The number of carbonyl (C=O) groups is 2. The van der Waals surface area contributed by atoms with Crippen LogP contribution in [0.4, 0.5) is 0 Å². The van der Waals surface area contributed by atoms with Gasteiger partial charge in [0.25, 0.3) is 0 Å². The molecule has 6 nitrogen and oxygen atoms in total. The Balaban J connectivity index is 2.72. The lowest BCUT2D eigenvalue weighted by Crippen LogP contribution is -2.65. The number of hydrogen-bond acceptors (Lipinski definition) is 5. The van der Waals surface area contributed by atoms with E-state index >= 15 is 0 Å². The van der Waals surface area contributed by atoms with Crippen molar-refractivity contribution in [3.8, 4) is 0 Å². The van der Waals surface area contributed by atoms with Crippen molar-refractivity contribution in [3.63, 3.8) is 0 Å². The molecule has 6 heteroatoms. The third-order valence-electron chi connectivity index (χ3n) is 3.02. The lowest BCUT2D eigenvalue weighted by atomic mass is 9.98. The second kappa shape index (κ2) is 5.57. The normalized spacial score (nSPS) is 22.4. The van der Waals surface area contributed by atoms with Crippen molar-refractivity contribution in [1.29, 1.82) is 0 Å². The molecule has 0 aromatic carbocycles. The van der Waals surface area contributed by atoms with Crippen molar-refractivity contribution >= 4 is 11.8 Å². The van der Waals surface area contributed by atoms with Crippen molar-refractivity contribution in [2.45, 2.75) is 32.4 Å². The maximum absolute atomic E-state index is 11.7. The Morgan fingerprint density at radius 3 is 2.71 bits per heavy atom. The summed E-state index contributed by atoms with van der Waals surface area (Å²) in [5.74, 6) is -0.553. The van der Waals surface area contributed by atoms with Crippen LogP contribution in [0.1, 0.15) is 20.8 Å². The third-order valence-corrected chi connectivity index (χ3v) is 3.02. The van der Waals surface area contributed by atoms with Gasteiger partial charge in [-0.05, 0) is 20.8 Å². The number of carbonyl (C=O) groups excluding carboxylic acids is 2. The number of hydrogen-bond donors (Lipinski definition) is 2. The minimum Gasteiger partial charge on any atom is -0.376 e. The summed E-state index contributed by atoms with van der Waals surface area (Å²) >= 11 is 0. The molecule has 1 atom stereocenters. The SMILES string of the molecule is CCOC(CN)CN1CC(=O)NC(=O)C1(C)C. The Bertz CT molecular complexity index is 304. The van der Waals surface area contributed by atoms with Gasteiger partial charge in [-0.3, -0.25) is 19.8 Å². The first kappa shape index (κ1) is 14.1. The van der Waals surface area contributed by atoms with E-state index in [1.54, 1.807) is 18.7 Å². The number of amides is 2. The molecule has 1 rings (SSSR count). The first-order valence-electron chi connectivity index (χ1n) is 5.82. The summed E-state index contributed by atoms with van der Waals surface area (Å²) in [5.41, 5.74) is 4.89. The van der Waals surface area contributed by atoms with Crippen LogP contribution in [0.25, 0.3) is 0 Å². The van der Waals surface area contributed by atoms with Gasteiger partial charge in [0.2, 0.25) is 11.8 Å². The summed E-state index contributed by atoms with van der Waals surface area (Å²) in [7, 11) is 0. The van der Waals surface area contributed by atoms with Gasteiger partial charge in [-0.1, -0.05) is 0 Å². The Morgan fingerprint density at radius 1 is 1.53 bits per heavy atom. The van der Waals surface area contributed by atoms with Crippen molar-refractivity contribution in [3.05, 3.63) is 0 Å². The highest BCUT2D eigenvalue weighted by Crippen LogP contribution is 2.18. The number of nitrogens with zero attached hydrogens (tertiary/aromatic N) is 1. The first-order chi connectivity index (χ1) is 7.91. The van der Waals surface area contributed by atoms with E-state index in [1.165, 1.54) is 0 Å². The van der Waals surface area contributed by atoms with Crippen molar-refractivity contribution in [2.24, 2.45) is 5.73 Å².